The summed E-state index contributed by atoms with van der Waals surface area (Å²) in [5, 5.41) is 0. The lowest BCUT2D eigenvalue weighted by molar-refractivity contribution is 0.631. The van der Waals surface area contributed by atoms with Crippen molar-refractivity contribution in [2.75, 3.05) is 11.5 Å². The average Bonchev–Trinajstić information content (AvgIpc) is 2.91. The number of anilines is 2. The van der Waals surface area contributed by atoms with E-state index in [1.54, 1.807) is 6.20 Å². The molecule has 1 aliphatic carbocycles. The van der Waals surface area contributed by atoms with E-state index in [9.17, 15) is 0 Å². The Morgan fingerprint density at radius 2 is 2.08 bits per heavy atom. The van der Waals surface area contributed by atoms with Gasteiger partial charge in [-0.15, -0.1) is 0 Å². The predicted molar refractivity (Wildman–Crippen MR) is 52.7 cm³/mol. The van der Waals surface area contributed by atoms with Gasteiger partial charge in [0.15, 0.2) is 0 Å². The fraction of sp³-hybridized carbons (Fsp3) is 0.444. The summed E-state index contributed by atoms with van der Waals surface area (Å²) >= 11 is 0. The first-order valence-electron chi connectivity index (χ1n) is 4.45. The van der Waals surface area contributed by atoms with Crippen molar-refractivity contribution in [2.45, 2.75) is 18.9 Å². The highest BCUT2D eigenvalue weighted by Gasteiger charge is 2.29. The van der Waals surface area contributed by atoms with Gasteiger partial charge in [-0.05, 0) is 30.4 Å². The van der Waals surface area contributed by atoms with E-state index in [4.69, 9.17) is 17.2 Å². The highest BCUT2D eigenvalue weighted by molar-refractivity contribution is 5.58. The highest BCUT2D eigenvalue weighted by Crippen LogP contribution is 2.39. The summed E-state index contributed by atoms with van der Waals surface area (Å²) in [5.41, 5.74) is 18.6. The molecule has 2 rings (SSSR count). The molecule has 0 radical (unpaired) electrons. The van der Waals surface area contributed by atoms with E-state index in [0.29, 0.717) is 17.4 Å². The van der Waals surface area contributed by atoms with Crippen molar-refractivity contribution >= 4 is 11.5 Å². The lowest BCUT2D eigenvalue weighted by Crippen LogP contribution is -2.13. The molecule has 0 aromatic carbocycles. The van der Waals surface area contributed by atoms with Gasteiger partial charge in [-0.3, -0.25) is 0 Å². The van der Waals surface area contributed by atoms with E-state index in [1.807, 2.05) is 6.07 Å². The Balaban J connectivity index is 2.24. The SMILES string of the molecule is Nc1cc([C@H](N)C2CC2)cnc1N. The van der Waals surface area contributed by atoms with Gasteiger partial charge in [0.25, 0.3) is 0 Å². The fourth-order valence-electron chi connectivity index (χ4n) is 1.42. The average molecular weight is 178 g/mol. The van der Waals surface area contributed by atoms with Crippen molar-refractivity contribution in [3.63, 3.8) is 0 Å². The van der Waals surface area contributed by atoms with E-state index in [-0.39, 0.29) is 6.04 Å². The Morgan fingerprint density at radius 3 is 2.62 bits per heavy atom. The van der Waals surface area contributed by atoms with Crippen LogP contribution in [0.4, 0.5) is 11.5 Å². The quantitative estimate of drug-likeness (QED) is 0.620. The van der Waals surface area contributed by atoms with Gasteiger partial charge in [0.2, 0.25) is 0 Å². The first kappa shape index (κ1) is 8.31. The largest absolute Gasteiger partial charge is 0.396 e. The lowest BCUT2D eigenvalue weighted by Gasteiger charge is -2.11. The van der Waals surface area contributed by atoms with Crippen LogP contribution < -0.4 is 17.2 Å². The van der Waals surface area contributed by atoms with E-state index in [1.165, 1.54) is 12.8 Å². The van der Waals surface area contributed by atoms with Crippen LogP contribution in [-0.4, -0.2) is 4.98 Å². The van der Waals surface area contributed by atoms with Crippen LogP contribution in [0.2, 0.25) is 0 Å². The van der Waals surface area contributed by atoms with Gasteiger partial charge in [0, 0.05) is 12.2 Å². The van der Waals surface area contributed by atoms with Crippen LogP contribution in [0.5, 0.6) is 0 Å². The molecular formula is C9H14N4. The van der Waals surface area contributed by atoms with Crippen molar-refractivity contribution in [1.82, 2.24) is 4.98 Å². The maximum Gasteiger partial charge on any atom is 0.146 e. The number of aromatic nitrogens is 1. The van der Waals surface area contributed by atoms with Gasteiger partial charge in [0.05, 0.1) is 5.69 Å². The van der Waals surface area contributed by atoms with Gasteiger partial charge in [-0.1, -0.05) is 0 Å². The molecule has 1 aromatic rings. The minimum atomic E-state index is 0.0791. The van der Waals surface area contributed by atoms with Crippen molar-refractivity contribution < 1.29 is 0 Å². The second kappa shape index (κ2) is 2.88. The third-order valence-electron chi connectivity index (χ3n) is 2.49. The van der Waals surface area contributed by atoms with E-state index in [2.05, 4.69) is 4.98 Å². The number of hydrogen-bond donors (Lipinski definition) is 3. The normalized spacial score (nSPS) is 18.5. The summed E-state index contributed by atoms with van der Waals surface area (Å²) in [5.74, 6) is 0.997. The Kier molecular flexibility index (Phi) is 1.84. The summed E-state index contributed by atoms with van der Waals surface area (Å²) in [7, 11) is 0. The molecule has 0 saturated heterocycles. The van der Waals surface area contributed by atoms with Crippen molar-refractivity contribution in [3.05, 3.63) is 17.8 Å². The summed E-state index contributed by atoms with van der Waals surface area (Å²) < 4.78 is 0. The summed E-state index contributed by atoms with van der Waals surface area (Å²) in [6.45, 7) is 0. The second-order valence-corrected chi connectivity index (χ2v) is 3.61. The van der Waals surface area contributed by atoms with Crippen LogP contribution in [0.25, 0.3) is 0 Å². The molecule has 0 spiro atoms. The molecule has 1 aromatic heterocycles. The lowest BCUT2D eigenvalue weighted by atomic mass is 10.1. The van der Waals surface area contributed by atoms with Gasteiger partial charge >= 0.3 is 0 Å². The summed E-state index contributed by atoms with van der Waals surface area (Å²) in [4.78, 5) is 3.98. The number of pyridine rings is 1. The maximum absolute atomic E-state index is 5.98. The zero-order valence-corrected chi connectivity index (χ0v) is 7.40. The molecule has 4 heteroatoms. The molecule has 0 amide bonds. The standard InChI is InChI=1S/C9H14N4/c10-7-3-6(4-13-9(7)12)8(11)5-1-2-5/h3-5,8H,1-2,10-11H2,(H2,12,13)/t8-/m1/s1. The molecule has 70 valence electrons. The third-order valence-corrected chi connectivity index (χ3v) is 2.49. The number of rotatable bonds is 2. The van der Waals surface area contributed by atoms with Gasteiger partial charge in [-0.2, -0.15) is 0 Å². The molecule has 4 nitrogen and oxygen atoms in total. The topological polar surface area (TPSA) is 91.0 Å². The van der Waals surface area contributed by atoms with Gasteiger partial charge < -0.3 is 17.2 Å². The first-order chi connectivity index (χ1) is 6.18. The molecular weight excluding hydrogens is 164 g/mol. The van der Waals surface area contributed by atoms with Crippen molar-refractivity contribution in [1.29, 1.82) is 0 Å². The number of hydrogen-bond acceptors (Lipinski definition) is 4. The van der Waals surface area contributed by atoms with Crippen molar-refractivity contribution in [2.24, 2.45) is 11.7 Å². The van der Waals surface area contributed by atoms with E-state index >= 15 is 0 Å². The highest BCUT2D eigenvalue weighted by atomic mass is 14.9. The Hall–Kier alpha value is -1.29. The van der Waals surface area contributed by atoms with Crippen LogP contribution >= 0.6 is 0 Å². The molecule has 0 unspecified atom stereocenters. The molecule has 1 atom stereocenters. The molecule has 1 saturated carbocycles. The van der Waals surface area contributed by atoms with Gasteiger partial charge in [-0.25, -0.2) is 4.98 Å². The summed E-state index contributed by atoms with van der Waals surface area (Å²) in [6.07, 6.45) is 4.14. The molecule has 6 N–H and O–H groups in total. The Bertz CT molecular complexity index is 319. The molecule has 1 heterocycles. The monoisotopic (exact) mass is 178 g/mol. The van der Waals surface area contributed by atoms with Crippen LogP contribution in [0, 0.1) is 5.92 Å². The van der Waals surface area contributed by atoms with Gasteiger partial charge in [0.1, 0.15) is 5.82 Å². The second-order valence-electron chi connectivity index (χ2n) is 3.61. The smallest absolute Gasteiger partial charge is 0.146 e. The molecule has 1 fully saturated rings. The molecule has 0 bridgehead atoms. The maximum atomic E-state index is 5.98. The van der Waals surface area contributed by atoms with Crippen LogP contribution in [0.1, 0.15) is 24.4 Å². The predicted octanol–water partition coefficient (Wildman–Crippen LogP) is 0.656. The molecule has 13 heavy (non-hydrogen) atoms. The molecule has 0 aliphatic heterocycles. The van der Waals surface area contributed by atoms with Crippen LogP contribution in [0.3, 0.4) is 0 Å². The third kappa shape index (κ3) is 1.58. The Labute approximate surface area is 77.1 Å². The zero-order chi connectivity index (χ0) is 9.42. The van der Waals surface area contributed by atoms with Crippen LogP contribution in [0.15, 0.2) is 12.3 Å². The van der Waals surface area contributed by atoms with E-state index in [0.717, 1.165) is 5.56 Å². The minimum absolute atomic E-state index is 0.0791. The number of nitrogens with zero attached hydrogens (tertiary/aromatic N) is 1. The van der Waals surface area contributed by atoms with E-state index < -0.39 is 0 Å². The number of nitrogens with two attached hydrogens (primary N) is 3. The van der Waals surface area contributed by atoms with Crippen LogP contribution in [-0.2, 0) is 0 Å². The number of nitrogen functional groups attached to an aromatic ring is 2. The minimum Gasteiger partial charge on any atom is -0.396 e. The molecule has 1 aliphatic rings. The fourth-order valence-corrected chi connectivity index (χ4v) is 1.42. The van der Waals surface area contributed by atoms with Crippen molar-refractivity contribution in [3.8, 4) is 0 Å². The Morgan fingerprint density at radius 1 is 1.38 bits per heavy atom. The first-order valence-corrected chi connectivity index (χ1v) is 4.45. The summed E-state index contributed by atoms with van der Waals surface area (Å²) in [6, 6.07) is 1.90. The zero-order valence-electron chi connectivity index (χ0n) is 7.40.